The number of rotatable bonds is 4. The zero-order valence-corrected chi connectivity index (χ0v) is 10.8. The molecule has 2 rings (SSSR count). The van der Waals surface area contributed by atoms with Crippen molar-refractivity contribution in [3.8, 4) is 0 Å². The molecule has 1 fully saturated rings. The maximum Gasteiger partial charge on any atom is 0.0490 e. The van der Waals surface area contributed by atoms with Crippen LogP contribution in [0.3, 0.4) is 0 Å². The Morgan fingerprint density at radius 1 is 1.24 bits per heavy atom. The quantitative estimate of drug-likeness (QED) is 0.617. The molecule has 0 amide bonds. The summed E-state index contributed by atoms with van der Waals surface area (Å²) < 4.78 is 0. The first-order valence-corrected chi connectivity index (χ1v) is 6.90. The average Bonchev–Trinajstić information content (AvgIpc) is 2.41. The monoisotopic (exact) mass is 232 g/mol. The molecule has 94 valence electrons. The molecule has 1 aliphatic carbocycles. The van der Waals surface area contributed by atoms with Crippen molar-refractivity contribution in [2.75, 3.05) is 0 Å². The highest BCUT2D eigenvalue weighted by Crippen LogP contribution is 2.35. The van der Waals surface area contributed by atoms with Crippen LogP contribution in [0.15, 0.2) is 24.3 Å². The molecule has 0 heterocycles. The maximum atomic E-state index is 5.81. The van der Waals surface area contributed by atoms with E-state index in [0.717, 1.165) is 6.42 Å². The van der Waals surface area contributed by atoms with Crippen LogP contribution in [0.5, 0.6) is 0 Å². The fourth-order valence-corrected chi connectivity index (χ4v) is 3.11. The van der Waals surface area contributed by atoms with Crippen LogP contribution < -0.4 is 11.3 Å². The van der Waals surface area contributed by atoms with Gasteiger partial charge in [0.25, 0.3) is 0 Å². The Labute approximate surface area is 105 Å². The normalized spacial score (nSPS) is 19.2. The van der Waals surface area contributed by atoms with Crippen molar-refractivity contribution < 1.29 is 0 Å². The zero-order valence-electron chi connectivity index (χ0n) is 10.8. The molecule has 1 atom stereocenters. The van der Waals surface area contributed by atoms with Gasteiger partial charge in [-0.2, -0.15) is 0 Å². The molecule has 1 saturated carbocycles. The predicted molar refractivity (Wildman–Crippen MR) is 72.5 cm³/mol. The summed E-state index contributed by atoms with van der Waals surface area (Å²) >= 11 is 0. The Morgan fingerprint density at radius 3 is 2.59 bits per heavy atom. The van der Waals surface area contributed by atoms with E-state index in [1.165, 1.54) is 43.2 Å². The highest BCUT2D eigenvalue weighted by molar-refractivity contribution is 5.30. The molecule has 0 aliphatic heterocycles. The minimum atomic E-state index is 0.339. The van der Waals surface area contributed by atoms with Gasteiger partial charge in [-0.3, -0.25) is 11.3 Å². The second-order valence-electron chi connectivity index (χ2n) is 5.09. The smallest absolute Gasteiger partial charge is 0.0490 e. The minimum Gasteiger partial charge on any atom is -0.271 e. The number of hydrogen-bond donors (Lipinski definition) is 2. The maximum absolute atomic E-state index is 5.81. The molecule has 0 radical (unpaired) electrons. The van der Waals surface area contributed by atoms with Crippen LogP contribution >= 0.6 is 0 Å². The summed E-state index contributed by atoms with van der Waals surface area (Å²) in [6.45, 7) is 2.22. The van der Waals surface area contributed by atoms with Crippen molar-refractivity contribution in [3.05, 3.63) is 35.4 Å². The SMILES string of the molecule is CCc1ccccc1C(NN)C1CCCCC1. The first-order chi connectivity index (χ1) is 8.36. The largest absolute Gasteiger partial charge is 0.271 e. The molecule has 0 aromatic heterocycles. The van der Waals surface area contributed by atoms with Crippen LogP contribution in [0.1, 0.15) is 56.2 Å². The van der Waals surface area contributed by atoms with E-state index in [9.17, 15) is 0 Å². The molecule has 17 heavy (non-hydrogen) atoms. The lowest BCUT2D eigenvalue weighted by atomic mass is 9.80. The third-order valence-electron chi connectivity index (χ3n) is 4.07. The molecular formula is C15H24N2. The summed E-state index contributed by atoms with van der Waals surface area (Å²) in [5, 5.41) is 0. The molecular weight excluding hydrogens is 208 g/mol. The molecule has 1 aliphatic rings. The summed E-state index contributed by atoms with van der Waals surface area (Å²) in [4.78, 5) is 0. The number of benzene rings is 1. The van der Waals surface area contributed by atoms with Crippen LogP contribution in [0, 0.1) is 5.92 Å². The van der Waals surface area contributed by atoms with Crippen molar-refractivity contribution in [2.45, 2.75) is 51.5 Å². The molecule has 2 heteroatoms. The molecule has 2 nitrogen and oxygen atoms in total. The number of hydrazine groups is 1. The first-order valence-electron chi connectivity index (χ1n) is 6.90. The van der Waals surface area contributed by atoms with Gasteiger partial charge < -0.3 is 0 Å². The molecule has 1 unspecified atom stereocenters. The van der Waals surface area contributed by atoms with Crippen LogP contribution in [-0.4, -0.2) is 0 Å². The van der Waals surface area contributed by atoms with E-state index in [-0.39, 0.29) is 0 Å². The second kappa shape index (κ2) is 6.18. The lowest BCUT2D eigenvalue weighted by Gasteiger charge is -2.31. The second-order valence-corrected chi connectivity index (χ2v) is 5.09. The summed E-state index contributed by atoms with van der Waals surface area (Å²) in [6.07, 6.45) is 7.82. The Kier molecular flexibility index (Phi) is 4.57. The lowest BCUT2D eigenvalue weighted by Crippen LogP contribution is -2.35. The Balaban J connectivity index is 2.21. The fourth-order valence-electron chi connectivity index (χ4n) is 3.11. The zero-order chi connectivity index (χ0) is 12.1. The third-order valence-corrected chi connectivity index (χ3v) is 4.07. The topological polar surface area (TPSA) is 38.0 Å². The lowest BCUT2D eigenvalue weighted by molar-refractivity contribution is 0.272. The van der Waals surface area contributed by atoms with Crippen LogP contribution in [0.25, 0.3) is 0 Å². The van der Waals surface area contributed by atoms with Crippen molar-refractivity contribution in [3.63, 3.8) is 0 Å². The van der Waals surface area contributed by atoms with Crippen LogP contribution in [0.4, 0.5) is 0 Å². The number of nitrogens with two attached hydrogens (primary N) is 1. The van der Waals surface area contributed by atoms with E-state index >= 15 is 0 Å². The van der Waals surface area contributed by atoms with Crippen molar-refractivity contribution in [1.82, 2.24) is 5.43 Å². The highest BCUT2D eigenvalue weighted by Gasteiger charge is 2.25. The van der Waals surface area contributed by atoms with Gasteiger partial charge in [0.2, 0.25) is 0 Å². The van der Waals surface area contributed by atoms with Gasteiger partial charge in [0, 0.05) is 6.04 Å². The van der Waals surface area contributed by atoms with E-state index in [0.29, 0.717) is 12.0 Å². The van der Waals surface area contributed by atoms with Gasteiger partial charge >= 0.3 is 0 Å². The molecule has 0 spiro atoms. The Hall–Kier alpha value is -0.860. The number of hydrogen-bond acceptors (Lipinski definition) is 2. The number of nitrogens with one attached hydrogen (secondary N) is 1. The van der Waals surface area contributed by atoms with E-state index in [2.05, 4.69) is 36.6 Å². The fraction of sp³-hybridized carbons (Fsp3) is 0.600. The van der Waals surface area contributed by atoms with Gasteiger partial charge in [0.15, 0.2) is 0 Å². The molecule has 1 aromatic carbocycles. The summed E-state index contributed by atoms with van der Waals surface area (Å²) in [5.74, 6) is 6.52. The van der Waals surface area contributed by atoms with Gasteiger partial charge in [-0.05, 0) is 36.3 Å². The van der Waals surface area contributed by atoms with Crippen LogP contribution in [0.2, 0.25) is 0 Å². The van der Waals surface area contributed by atoms with Gasteiger partial charge in [0.05, 0.1) is 0 Å². The van der Waals surface area contributed by atoms with Crippen molar-refractivity contribution in [1.29, 1.82) is 0 Å². The van der Waals surface area contributed by atoms with Gasteiger partial charge in [-0.1, -0.05) is 50.5 Å². The van der Waals surface area contributed by atoms with Gasteiger partial charge in [-0.25, -0.2) is 0 Å². The standard InChI is InChI=1S/C15H24N2/c1-2-12-8-6-7-11-14(12)15(17-16)13-9-4-3-5-10-13/h6-8,11,13,15,17H,2-5,9-10,16H2,1H3. The first kappa shape index (κ1) is 12.6. The van der Waals surface area contributed by atoms with Crippen molar-refractivity contribution in [2.24, 2.45) is 11.8 Å². The van der Waals surface area contributed by atoms with E-state index < -0.39 is 0 Å². The molecule has 0 bridgehead atoms. The molecule has 3 N–H and O–H groups in total. The summed E-state index contributed by atoms with van der Waals surface area (Å²) in [7, 11) is 0. The average molecular weight is 232 g/mol. The predicted octanol–water partition coefficient (Wildman–Crippen LogP) is 3.33. The Morgan fingerprint density at radius 2 is 1.94 bits per heavy atom. The van der Waals surface area contributed by atoms with Crippen LogP contribution in [-0.2, 0) is 6.42 Å². The van der Waals surface area contributed by atoms with Gasteiger partial charge in [0.1, 0.15) is 0 Å². The van der Waals surface area contributed by atoms with Crippen molar-refractivity contribution >= 4 is 0 Å². The summed E-state index contributed by atoms with van der Waals surface area (Å²) in [5.41, 5.74) is 5.90. The Bertz CT molecular complexity index is 343. The third kappa shape index (κ3) is 2.88. The number of aryl methyl sites for hydroxylation is 1. The highest BCUT2D eigenvalue weighted by atomic mass is 15.2. The van der Waals surface area contributed by atoms with E-state index in [4.69, 9.17) is 5.84 Å². The van der Waals surface area contributed by atoms with Gasteiger partial charge in [-0.15, -0.1) is 0 Å². The summed E-state index contributed by atoms with van der Waals surface area (Å²) in [6, 6.07) is 9.05. The molecule has 1 aromatic rings. The minimum absolute atomic E-state index is 0.339. The van der Waals surface area contributed by atoms with E-state index in [1.54, 1.807) is 0 Å². The molecule has 0 saturated heterocycles. The van der Waals surface area contributed by atoms with E-state index in [1.807, 2.05) is 0 Å².